The molecule has 1 unspecified atom stereocenters. The lowest BCUT2D eigenvalue weighted by atomic mass is 9.82. The summed E-state index contributed by atoms with van der Waals surface area (Å²) in [6.45, 7) is 8.08. The van der Waals surface area contributed by atoms with Crippen LogP contribution in [0.1, 0.15) is 33.1 Å². The Labute approximate surface area is 132 Å². The third kappa shape index (κ3) is 3.17. The topological polar surface area (TPSA) is 69.9 Å². The minimum absolute atomic E-state index is 0.178. The molecule has 1 fully saturated rings. The normalized spacial score (nSPS) is 26.8. The second kappa shape index (κ2) is 7.24. The Morgan fingerprint density at radius 1 is 1.14 bits per heavy atom. The molecule has 2 amide bonds. The summed E-state index contributed by atoms with van der Waals surface area (Å²) < 4.78 is 0. The number of hydrazine groups is 1. The van der Waals surface area contributed by atoms with E-state index in [4.69, 9.17) is 5.73 Å². The van der Waals surface area contributed by atoms with Crippen molar-refractivity contribution in [2.24, 2.45) is 11.1 Å². The van der Waals surface area contributed by atoms with Gasteiger partial charge in [-0.3, -0.25) is 9.59 Å². The molecule has 1 atom stereocenters. The van der Waals surface area contributed by atoms with Gasteiger partial charge in [-0.15, -0.1) is 0 Å². The summed E-state index contributed by atoms with van der Waals surface area (Å²) in [6, 6.07) is 0. The monoisotopic (exact) mass is 308 g/mol. The van der Waals surface area contributed by atoms with Gasteiger partial charge in [0, 0.05) is 39.3 Å². The summed E-state index contributed by atoms with van der Waals surface area (Å²) in [5.74, 6) is -0.731. The van der Waals surface area contributed by atoms with Crippen LogP contribution in [0.4, 0.5) is 0 Å². The van der Waals surface area contributed by atoms with E-state index in [-0.39, 0.29) is 5.91 Å². The average Bonchev–Trinajstić information content (AvgIpc) is 2.56. The molecule has 2 rings (SSSR count). The molecule has 2 aliphatic heterocycles. The van der Waals surface area contributed by atoms with Gasteiger partial charge >= 0.3 is 0 Å². The predicted molar refractivity (Wildman–Crippen MR) is 85.7 cm³/mol. The summed E-state index contributed by atoms with van der Waals surface area (Å²) in [4.78, 5) is 26.7. The Kier molecular flexibility index (Phi) is 5.58. The first-order valence-corrected chi connectivity index (χ1v) is 8.32. The number of amides is 2. The fourth-order valence-corrected chi connectivity index (χ4v) is 3.35. The molecule has 0 aromatic heterocycles. The number of carbonyl (C=O) groups excluding carboxylic acids is 2. The zero-order chi connectivity index (χ0) is 16.2. The molecule has 2 N–H and O–H groups in total. The summed E-state index contributed by atoms with van der Waals surface area (Å²) in [5.41, 5.74) is 4.42. The van der Waals surface area contributed by atoms with Gasteiger partial charge < -0.3 is 10.6 Å². The SMILES string of the molecule is CCN(CC)C(=O)C1(C(N)=O)C=CCN(N2CCCCC2)C1. The highest BCUT2D eigenvalue weighted by atomic mass is 16.2. The molecule has 2 heterocycles. The Morgan fingerprint density at radius 3 is 2.32 bits per heavy atom. The van der Waals surface area contributed by atoms with E-state index in [1.807, 2.05) is 19.9 Å². The van der Waals surface area contributed by atoms with Gasteiger partial charge in [-0.1, -0.05) is 18.6 Å². The number of primary amides is 1. The van der Waals surface area contributed by atoms with Gasteiger partial charge in [-0.05, 0) is 26.7 Å². The predicted octanol–water partition coefficient (Wildman–Crippen LogP) is 0.599. The van der Waals surface area contributed by atoms with Crippen LogP contribution in [-0.4, -0.2) is 66.0 Å². The average molecular weight is 308 g/mol. The Balaban J connectivity index is 2.23. The fourth-order valence-electron chi connectivity index (χ4n) is 3.35. The minimum atomic E-state index is -1.23. The number of carbonyl (C=O) groups is 2. The molecule has 124 valence electrons. The van der Waals surface area contributed by atoms with E-state index in [2.05, 4.69) is 10.0 Å². The van der Waals surface area contributed by atoms with Crippen molar-refractivity contribution < 1.29 is 9.59 Å². The van der Waals surface area contributed by atoms with Gasteiger partial charge in [0.2, 0.25) is 11.8 Å². The molecular weight excluding hydrogens is 280 g/mol. The lowest BCUT2D eigenvalue weighted by Gasteiger charge is -2.44. The molecule has 0 aromatic carbocycles. The van der Waals surface area contributed by atoms with Gasteiger partial charge in [-0.2, -0.15) is 0 Å². The first kappa shape index (κ1) is 17.0. The molecular formula is C16H28N4O2. The quantitative estimate of drug-likeness (QED) is 0.596. The van der Waals surface area contributed by atoms with Crippen molar-refractivity contribution in [2.75, 3.05) is 39.3 Å². The van der Waals surface area contributed by atoms with Crippen LogP contribution >= 0.6 is 0 Å². The maximum Gasteiger partial charge on any atom is 0.243 e. The van der Waals surface area contributed by atoms with Crippen LogP contribution < -0.4 is 5.73 Å². The van der Waals surface area contributed by atoms with E-state index in [1.54, 1.807) is 11.0 Å². The molecule has 0 saturated carbocycles. The van der Waals surface area contributed by atoms with Crippen LogP contribution in [0, 0.1) is 5.41 Å². The lowest BCUT2D eigenvalue weighted by Crippen LogP contribution is -2.60. The van der Waals surface area contributed by atoms with Gasteiger partial charge in [-0.25, -0.2) is 10.0 Å². The standard InChI is InChI=1S/C16H28N4O2/c1-3-18(4-2)15(22)16(14(17)21)9-8-12-20(13-16)19-10-6-5-7-11-19/h8-9H,3-7,10-13H2,1-2H3,(H2,17,21). The van der Waals surface area contributed by atoms with Crippen LogP contribution in [0.2, 0.25) is 0 Å². The van der Waals surface area contributed by atoms with E-state index >= 15 is 0 Å². The molecule has 0 spiro atoms. The Morgan fingerprint density at radius 2 is 1.77 bits per heavy atom. The summed E-state index contributed by atoms with van der Waals surface area (Å²) >= 11 is 0. The summed E-state index contributed by atoms with van der Waals surface area (Å²) in [6.07, 6.45) is 7.20. The third-order valence-electron chi connectivity index (χ3n) is 4.75. The number of nitrogens with two attached hydrogens (primary N) is 1. The molecule has 0 aromatic rings. The van der Waals surface area contributed by atoms with Crippen molar-refractivity contribution in [3.05, 3.63) is 12.2 Å². The zero-order valence-corrected chi connectivity index (χ0v) is 13.8. The fraction of sp³-hybridized carbons (Fsp3) is 0.750. The number of nitrogens with zero attached hydrogens (tertiary/aromatic N) is 3. The van der Waals surface area contributed by atoms with Gasteiger partial charge in [0.15, 0.2) is 5.41 Å². The molecule has 22 heavy (non-hydrogen) atoms. The number of rotatable bonds is 5. The molecule has 0 aliphatic carbocycles. The molecule has 0 bridgehead atoms. The van der Waals surface area contributed by atoms with E-state index < -0.39 is 11.3 Å². The van der Waals surface area contributed by atoms with E-state index in [1.165, 1.54) is 6.42 Å². The highest BCUT2D eigenvalue weighted by Gasteiger charge is 2.47. The van der Waals surface area contributed by atoms with Crippen molar-refractivity contribution in [1.29, 1.82) is 0 Å². The molecule has 1 saturated heterocycles. The molecule has 6 nitrogen and oxygen atoms in total. The molecule has 6 heteroatoms. The number of hydrogen-bond donors (Lipinski definition) is 1. The van der Waals surface area contributed by atoms with Crippen molar-refractivity contribution in [3.8, 4) is 0 Å². The van der Waals surface area contributed by atoms with Crippen LogP contribution in [0.25, 0.3) is 0 Å². The van der Waals surface area contributed by atoms with Gasteiger partial charge in [0.05, 0.1) is 0 Å². The first-order chi connectivity index (χ1) is 10.5. The van der Waals surface area contributed by atoms with Crippen molar-refractivity contribution in [1.82, 2.24) is 14.9 Å². The Bertz CT molecular complexity index is 441. The summed E-state index contributed by atoms with van der Waals surface area (Å²) in [5, 5.41) is 4.38. The maximum absolute atomic E-state index is 12.9. The van der Waals surface area contributed by atoms with E-state index in [0.29, 0.717) is 19.6 Å². The molecule has 2 aliphatic rings. The van der Waals surface area contributed by atoms with Crippen LogP contribution in [0.5, 0.6) is 0 Å². The van der Waals surface area contributed by atoms with Crippen molar-refractivity contribution in [3.63, 3.8) is 0 Å². The maximum atomic E-state index is 12.9. The van der Waals surface area contributed by atoms with Gasteiger partial charge in [0.1, 0.15) is 0 Å². The highest BCUT2D eigenvalue weighted by molar-refractivity contribution is 6.07. The summed E-state index contributed by atoms with van der Waals surface area (Å²) in [7, 11) is 0. The van der Waals surface area contributed by atoms with Crippen molar-refractivity contribution in [2.45, 2.75) is 33.1 Å². The van der Waals surface area contributed by atoms with E-state index in [9.17, 15) is 9.59 Å². The number of hydrogen-bond acceptors (Lipinski definition) is 4. The van der Waals surface area contributed by atoms with E-state index in [0.717, 1.165) is 32.5 Å². The second-order valence-corrected chi connectivity index (χ2v) is 6.08. The first-order valence-electron chi connectivity index (χ1n) is 8.32. The zero-order valence-electron chi connectivity index (χ0n) is 13.8. The second-order valence-electron chi connectivity index (χ2n) is 6.08. The van der Waals surface area contributed by atoms with Crippen molar-refractivity contribution >= 4 is 11.8 Å². The van der Waals surface area contributed by atoms with Crippen LogP contribution in [0.15, 0.2) is 12.2 Å². The highest BCUT2D eigenvalue weighted by Crippen LogP contribution is 2.29. The smallest absolute Gasteiger partial charge is 0.243 e. The minimum Gasteiger partial charge on any atom is -0.368 e. The van der Waals surface area contributed by atoms with Crippen LogP contribution in [-0.2, 0) is 9.59 Å². The lowest BCUT2D eigenvalue weighted by molar-refractivity contribution is -0.152. The molecule has 0 radical (unpaired) electrons. The van der Waals surface area contributed by atoms with Gasteiger partial charge in [0.25, 0.3) is 0 Å². The van der Waals surface area contributed by atoms with Crippen LogP contribution in [0.3, 0.4) is 0 Å². The Hall–Kier alpha value is -1.40. The largest absolute Gasteiger partial charge is 0.368 e. The third-order valence-corrected chi connectivity index (χ3v) is 4.75. The number of piperidine rings is 1.